The summed E-state index contributed by atoms with van der Waals surface area (Å²) < 4.78 is 4.80. The molecule has 10 heavy (non-hydrogen) atoms. The van der Waals surface area contributed by atoms with E-state index in [1.807, 2.05) is 0 Å². The van der Waals surface area contributed by atoms with Crippen molar-refractivity contribution in [1.82, 2.24) is 0 Å². The van der Waals surface area contributed by atoms with Gasteiger partial charge < -0.3 is 10.5 Å². The van der Waals surface area contributed by atoms with Gasteiger partial charge in [0.1, 0.15) is 6.61 Å². The van der Waals surface area contributed by atoms with E-state index in [9.17, 15) is 4.79 Å². The second kappa shape index (κ2) is 4.28. The Labute approximate surface area is 61.5 Å². The van der Waals surface area contributed by atoms with Crippen LogP contribution in [0, 0.1) is 5.92 Å². The predicted molar refractivity (Wildman–Crippen MR) is 39.4 cm³/mol. The highest BCUT2D eigenvalue weighted by molar-refractivity contribution is 5.71. The average Bonchev–Trinajstić information content (AvgIpc) is 1.82. The number of nitrogens with two attached hydrogens (primary N) is 1. The Hall–Kier alpha value is -0.570. The van der Waals surface area contributed by atoms with Crippen LogP contribution in [-0.4, -0.2) is 18.6 Å². The zero-order valence-electron chi connectivity index (χ0n) is 6.76. The first-order valence-corrected chi connectivity index (χ1v) is 3.46. The summed E-state index contributed by atoms with van der Waals surface area (Å²) in [5.74, 6) is -0.240. The minimum Gasteiger partial charge on any atom is -0.464 e. The molecule has 3 nitrogen and oxygen atoms in total. The lowest BCUT2D eigenvalue weighted by Crippen LogP contribution is -2.25. The first kappa shape index (κ1) is 9.43. The highest BCUT2D eigenvalue weighted by Gasteiger charge is 2.08. The third-order valence-electron chi connectivity index (χ3n) is 0.960. The molecule has 60 valence electrons. The van der Waals surface area contributed by atoms with Crippen LogP contribution in [0.15, 0.2) is 0 Å². The Balaban J connectivity index is 3.40. The van der Waals surface area contributed by atoms with Gasteiger partial charge in [0.15, 0.2) is 0 Å². The monoisotopic (exact) mass is 145 g/mol. The van der Waals surface area contributed by atoms with Crippen LogP contribution in [0.5, 0.6) is 0 Å². The Morgan fingerprint density at radius 3 is 2.30 bits per heavy atom. The summed E-state index contributed by atoms with van der Waals surface area (Å²) in [4.78, 5) is 10.8. The summed E-state index contributed by atoms with van der Waals surface area (Å²) in [5.41, 5.74) is 5.36. The molecule has 0 aromatic carbocycles. The zero-order chi connectivity index (χ0) is 8.15. The summed E-state index contributed by atoms with van der Waals surface area (Å²) in [6, 6.07) is -0.0669. The second-order valence-electron chi connectivity index (χ2n) is 2.76. The van der Waals surface area contributed by atoms with Crippen LogP contribution in [0.3, 0.4) is 0 Å². The number of rotatable bonds is 3. The van der Waals surface area contributed by atoms with Crippen LogP contribution in [0.25, 0.3) is 0 Å². The van der Waals surface area contributed by atoms with E-state index in [1.54, 1.807) is 20.8 Å². The molecule has 0 aliphatic heterocycles. The molecule has 0 spiro atoms. The largest absolute Gasteiger partial charge is 0.464 e. The first-order valence-electron chi connectivity index (χ1n) is 3.46. The maximum atomic E-state index is 10.8. The van der Waals surface area contributed by atoms with Gasteiger partial charge in [-0.3, -0.25) is 4.79 Å². The van der Waals surface area contributed by atoms with Crippen molar-refractivity contribution in [2.75, 3.05) is 6.61 Å². The van der Waals surface area contributed by atoms with Crippen LogP contribution in [0.1, 0.15) is 20.8 Å². The van der Waals surface area contributed by atoms with Crippen molar-refractivity contribution in [3.05, 3.63) is 0 Å². The van der Waals surface area contributed by atoms with E-state index in [-0.39, 0.29) is 17.9 Å². The van der Waals surface area contributed by atoms with E-state index in [2.05, 4.69) is 0 Å². The highest BCUT2D eigenvalue weighted by Crippen LogP contribution is 1.95. The lowest BCUT2D eigenvalue weighted by Gasteiger charge is -2.08. The Bertz CT molecular complexity index is 110. The van der Waals surface area contributed by atoms with Crippen molar-refractivity contribution in [2.45, 2.75) is 26.8 Å². The molecule has 2 N–H and O–H groups in total. The minimum absolute atomic E-state index is 0.0567. The smallest absolute Gasteiger partial charge is 0.308 e. The van der Waals surface area contributed by atoms with Gasteiger partial charge >= 0.3 is 5.97 Å². The molecular formula is C7H15NO2. The summed E-state index contributed by atoms with van der Waals surface area (Å²) in [6.07, 6.45) is 0. The zero-order valence-corrected chi connectivity index (χ0v) is 6.76. The van der Waals surface area contributed by atoms with Gasteiger partial charge in [0.05, 0.1) is 5.92 Å². The standard InChI is InChI=1S/C7H15NO2/c1-5(2)7(9)10-4-6(3)8/h5-6H,4,8H2,1-3H3/t6-/m0/s1. The molecule has 0 heterocycles. The van der Waals surface area contributed by atoms with E-state index in [0.717, 1.165) is 0 Å². The van der Waals surface area contributed by atoms with Crippen molar-refractivity contribution in [3.8, 4) is 0 Å². The van der Waals surface area contributed by atoms with Gasteiger partial charge in [0, 0.05) is 6.04 Å². The number of carbonyl (C=O) groups is 1. The van der Waals surface area contributed by atoms with Crippen molar-refractivity contribution in [3.63, 3.8) is 0 Å². The van der Waals surface area contributed by atoms with E-state index in [1.165, 1.54) is 0 Å². The molecule has 0 saturated carbocycles. The SMILES string of the molecule is CC(C)C(=O)OC[C@H](C)N. The first-order chi connectivity index (χ1) is 4.54. The normalized spacial score (nSPS) is 13.3. The number of carbonyl (C=O) groups excluding carboxylic acids is 1. The molecule has 0 rings (SSSR count). The average molecular weight is 145 g/mol. The molecule has 0 saturated heterocycles. The fraction of sp³-hybridized carbons (Fsp3) is 0.857. The van der Waals surface area contributed by atoms with Crippen LogP contribution >= 0.6 is 0 Å². The van der Waals surface area contributed by atoms with Gasteiger partial charge in [-0.25, -0.2) is 0 Å². The molecule has 0 amide bonds. The predicted octanol–water partition coefficient (Wildman–Crippen LogP) is 0.533. The highest BCUT2D eigenvalue weighted by atomic mass is 16.5. The summed E-state index contributed by atoms with van der Waals surface area (Å²) in [7, 11) is 0. The third kappa shape index (κ3) is 4.32. The van der Waals surface area contributed by atoms with Gasteiger partial charge in [0.25, 0.3) is 0 Å². The van der Waals surface area contributed by atoms with Crippen LogP contribution in [0.2, 0.25) is 0 Å². The van der Waals surface area contributed by atoms with E-state index in [0.29, 0.717) is 6.61 Å². The maximum Gasteiger partial charge on any atom is 0.308 e. The van der Waals surface area contributed by atoms with E-state index in [4.69, 9.17) is 10.5 Å². The van der Waals surface area contributed by atoms with Crippen LogP contribution < -0.4 is 5.73 Å². The molecule has 0 aliphatic rings. The molecule has 0 radical (unpaired) electrons. The number of ether oxygens (including phenoxy) is 1. The van der Waals surface area contributed by atoms with Crippen molar-refractivity contribution < 1.29 is 9.53 Å². The fourth-order valence-corrected chi connectivity index (χ4v) is 0.380. The topological polar surface area (TPSA) is 52.3 Å². The molecule has 0 aromatic rings. The van der Waals surface area contributed by atoms with Gasteiger partial charge in [-0.05, 0) is 6.92 Å². The number of hydrogen-bond acceptors (Lipinski definition) is 3. The molecule has 3 heteroatoms. The molecule has 1 atom stereocenters. The molecule has 0 fully saturated rings. The van der Waals surface area contributed by atoms with Crippen LogP contribution in [0.4, 0.5) is 0 Å². The maximum absolute atomic E-state index is 10.8. The Morgan fingerprint density at radius 1 is 1.50 bits per heavy atom. The Morgan fingerprint density at radius 2 is 2.00 bits per heavy atom. The van der Waals surface area contributed by atoms with Gasteiger partial charge in [0.2, 0.25) is 0 Å². The molecule has 0 bridgehead atoms. The van der Waals surface area contributed by atoms with Gasteiger partial charge in [-0.2, -0.15) is 0 Å². The lowest BCUT2D eigenvalue weighted by molar-refractivity contribution is -0.147. The Kier molecular flexibility index (Phi) is 4.03. The van der Waals surface area contributed by atoms with Crippen molar-refractivity contribution >= 4 is 5.97 Å². The van der Waals surface area contributed by atoms with E-state index < -0.39 is 0 Å². The third-order valence-corrected chi connectivity index (χ3v) is 0.960. The summed E-state index contributed by atoms with van der Waals surface area (Å²) in [6.45, 7) is 5.71. The van der Waals surface area contributed by atoms with Gasteiger partial charge in [-0.1, -0.05) is 13.8 Å². The molecule has 0 aromatic heterocycles. The van der Waals surface area contributed by atoms with E-state index >= 15 is 0 Å². The summed E-state index contributed by atoms with van der Waals surface area (Å²) >= 11 is 0. The van der Waals surface area contributed by atoms with Crippen molar-refractivity contribution in [2.24, 2.45) is 11.7 Å². The van der Waals surface area contributed by atoms with Crippen LogP contribution in [-0.2, 0) is 9.53 Å². The van der Waals surface area contributed by atoms with Crippen molar-refractivity contribution in [1.29, 1.82) is 0 Å². The molecular weight excluding hydrogens is 130 g/mol. The number of esters is 1. The second-order valence-corrected chi connectivity index (χ2v) is 2.76. The summed E-state index contributed by atoms with van der Waals surface area (Å²) in [5, 5.41) is 0. The number of hydrogen-bond donors (Lipinski definition) is 1. The molecule has 0 aliphatic carbocycles. The lowest BCUT2D eigenvalue weighted by atomic mass is 10.2. The minimum atomic E-state index is -0.183. The quantitative estimate of drug-likeness (QED) is 0.589. The molecule has 0 unspecified atom stereocenters. The fourth-order valence-electron chi connectivity index (χ4n) is 0.380. The van der Waals surface area contributed by atoms with Gasteiger partial charge in [-0.15, -0.1) is 0 Å².